The lowest BCUT2D eigenvalue weighted by Gasteiger charge is -2.05. The molecule has 0 spiro atoms. The molecule has 0 aliphatic rings. The molecule has 2 heterocycles. The second-order valence-electron chi connectivity index (χ2n) is 3.87. The van der Waals surface area contributed by atoms with Crippen LogP contribution in [0.4, 0.5) is 0 Å². The molecule has 0 amide bonds. The average molecular weight is 237 g/mol. The molecule has 0 radical (unpaired) electrons. The lowest BCUT2D eigenvalue weighted by Crippen LogP contribution is -2.17. The van der Waals surface area contributed by atoms with Crippen LogP contribution in [0.3, 0.4) is 0 Å². The second kappa shape index (κ2) is 4.64. The van der Waals surface area contributed by atoms with Gasteiger partial charge in [-0.2, -0.15) is 9.50 Å². The first kappa shape index (κ1) is 11.7. The second-order valence-corrected chi connectivity index (χ2v) is 3.87. The Labute approximate surface area is 97.6 Å². The topological polar surface area (TPSA) is 98.3 Å². The summed E-state index contributed by atoms with van der Waals surface area (Å²) in [5, 5.41) is 2.85. The smallest absolute Gasteiger partial charge is 0.274 e. The molecule has 0 bridgehead atoms. The maximum atomic E-state index is 11.6. The summed E-state index contributed by atoms with van der Waals surface area (Å²) in [5.74, 6) is 0.884. The third-order valence-corrected chi connectivity index (χ3v) is 2.46. The molecule has 3 N–H and O–H groups in total. The van der Waals surface area contributed by atoms with Gasteiger partial charge in [0, 0.05) is 25.5 Å². The average Bonchev–Trinajstić information content (AvgIpc) is 2.69. The van der Waals surface area contributed by atoms with Crippen LogP contribution in [-0.4, -0.2) is 33.3 Å². The number of nitrogens with two attached hydrogens (primary N) is 1. The quantitative estimate of drug-likeness (QED) is 0.764. The first-order valence-electron chi connectivity index (χ1n) is 5.32. The number of fused-ring (bicyclic) bond motifs is 1. The summed E-state index contributed by atoms with van der Waals surface area (Å²) in [6.07, 6.45) is 0.629. The van der Waals surface area contributed by atoms with Crippen molar-refractivity contribution in [1.82, 2.24) is 19.6 Å². The summed E-state index contributed by atoms with van der Waals surface area (Å²) in [7, 11) is 1.61. The summed E-state index contributed by atoms with van der Waals surface area (Å²) in [4.78, 5) is 20.0. The highest BCUT2D eigenvalue weighted by Gasteiger charge is 2.12. The van der Waals surface area contributed by atoms with Crippen LogP contribution >= 0.6 is 0 Å². The van der Waals surface area contributed by atoms with Gasteiger partial charge in [0.05, 0.1) is 6.04 Å². The number of nitrogens with one attached hydrogen (secondary N) is 1. The van der Waals surface area contributed by atoms with E-state index in [0.717, 1.165) is 0 Å². The minimum atomic E-state index is -0.295. The summed E-state index contributed by atoms with van der Waals surface area (Å²) < 4.78 is 6.23. The van der Waals surface area contributed by atoms with Gasteiger partial charge in [0.1, 0.15) is 5.82 Å². The molecule has 1 atom stereocenters. The number of hydrogen-bond acceptors (Lipinski definition) is 5. The normalized spacial score (nSPS) is 13.1. The molecule has 0 saturated heterocycles. The van der Waals surface area contributed by atoms with E-state index in [4.69, 9.17) is 10.5 Å². The fraction of sp³-hybridized carbons (Fsp3) is 0.500. The third-order valence-electron chi connectivity index (χ3n) is 2.46. The van der Waals surface area contributed by atoms with Crippen molar-refractivity contribution in [1.29, 1.82) is 0 Å². The van der Waals surface area contributed by atoms with Gasteiger partial charge in [-0.3, -0.25) is 9.89 Å². The molecule has 0 saturated carbocycles. The van der Waals surface area contributed by atoms with Crippen LogP contribution in [0.5, 0.6) is 0 Å². The van der Waals surface area contributed by atoms with Crippen molar-refractivity contribution in [3.05, 3.63) is 27.9 Å². The van der Waals surface area contributed by atoms with Crippen molar-refractivity contribution >= 4 is 5.78 Å². The predicted molar refractivity (Wildman–Crippen MR) is 61.8 cm³/mol. The number of nitrogens with zero attached hydrogens (tertiary/aromatic N) is 3. The predicted octanol–water partition coefficient (Wildman–Crippen LogP) is -0.238. The van der Waals surface area contributed by atoms with Gasteiger partial charge < -0.3 is 10.5 Å². The van der Waals surface area contributed by atoms with Crippen LogP contribution in [0.15, 0.2) is 10.9 Å². The van der Waals surface area contributed by atoms with Gasteiger partial charge in [0.25, 0.3) is 11.3 Å². The molecule has 92 valence electrons. The maximum Gasteiger partial charge on any atom is 0.274 e. The van der Waals surface area contributed by atoms with Crippen LogP contribution in [0.1, 0.15) is 24.0 Å². The van der Waals surface area contributed by atoms with Crippen molar-refractivity contribution in [2.45, 2.75) is 19.4 Å². The van der Waals surface area contributed by atoms with E-state index in [0.29, 0.717) is 30.3 Å². The van der Waals surface area contributed by atoms with Crippen molar-refractivity contribution in [3.63, 3.8) is 0 Å². The van der Waals surface area contributed by atoms with Gasteiger partial charge >= 0.3 is 0 Å². The fourth-order valence-corrected chi connectivity index (χ4v) is 1.56. The van der Waals surface area contributed by atoms with Crippen molar-refractivity contribution in [2.24, 2.45) is 5.73 Å². The van der Waals surface area contributed by atoms with E-state index in [2.05, 4.69) is 15.1 Å². The SMILES string of the molecule is COCCC(N)c1nc2nc(C)cc(=O)n2[nH]1. The van der Waals surface area contributed by atoms with Crippen LogP contribution < -0.4 is 11.3 Å². The Kier molecular flexibility index (Phi) is 3.21. The van der Waals surface area contributed by atoms with E-state index in [1.807, 2.05) is 0 Å². The standard InChI is InChI=1S/C10H15N5O2/c1-6-5-8(16)15-10(12-6)13-9(14-15)7(11)3-4-17-2/h5,7H,3-4,11H2,1-2H3,(H,12,13,14). The lowest BCUT2D eigenvalue weighted by molar-refractivity contribution is 0.187. The summed E-state index contributed by atoms with van der Waals surface area (Å²) in [5.41, 5.74) is 6.36. The number of aryl methyl sites for hydroxylation is 1. The van der Waals surface area contributed by atoms with Gasteiger partial charge in [0.15, 0.2) is 0 Å². The summed E-state index contributed by atoms with van der Waals surface area (Å²) >= 11 is 0. The molecule has 0 aliphatic carbocycles. The Morgan fingerprint density at radius 2 is 2.35 bits per heavy atom. The van der Waals surface area contributed by atoms with Gasteiger partial charge in [-0.1, -0.05) is 0 Å². The number of H-pyrrole nitrogens is 1. The van der Waals surface area contributed by atoms with E-state index < -0.39 is 0 Å². The zero-order valence-corrected chi connectivity index (χ0v) is 9.80. The summed E-state index contributed by atoms with van der Waals surface area (Å²) in [6, 6.07) is 1.15. The van der Waals surface area contributed by atoms with E-state index in [1.54, 1.807) is 14.0 Å². The van der Waals surface area contributed by atoms with E-state index in [-0.39, 0.29) is 11.6 Å². The van der Waals surface area contributed by atoms with Crippen LogP contribution in [-0.2, 0) is 4.74 Å². The first-order chi connectivity index (χ1) is 8.11. The van der Waals surface area contributed by atoms with E-state index in [9.17, 15) is 4.79 Å². The largest absolute Gasteiger partial charge is 0.385 e. The molecular weight excluding hydrogens is 222 g/mol. The highest BCUT2D eigenvalue weighted by Crippen LogP contribution is 2.09. The molecule has 7 nitrogen and oxygen atoms in total. The zero-order valence-electron chi connectivity index (χ0n) is 9.80. The van der Waals surface area contributed by atoms with Crippen molar-refractivity contribution in [3.8, 4) is 0 Å². The van der Waals surface area contributed by atoms with Crippen LogP contribution in [0.25, 0.3) is 5.78 Å². The van der Waals surface area contributed by atoms with Gasteiger partial charge in [0.2, 0.25) is 0 Å². The van der Waals surface area contributed by atoms with Crippen LogP contribution in [0, 0.1) is 6.92 Å². The van der Waals surface area contributed by atoms with Crippen LogP contribution in [0.2, 0.25) is 0 Å². The highest BCUT2D eigenvalue weighted by atomic mass is 16.5. The minimum absolute atomic E-state index is 0.190. The van der Waals surface area contributed by atoms with E-state index in [1.165, 1.54) is 10.6 Å². The molecular formula is C10H15N5O2. The Hall–Kier alpha value is -1.73. The number of ether oxygens (including phenoxy) is 1. The molecule has 2 aromatic heterocycles. The Morgan fingerprint density at radius 3 is 3.06 bits per heavy atom. The molecule has 7 heteroatoms. The molecule has 17 heavy (non-hydrogen) atoms. The molecule has 2 aromatic rings. The van der Waals surface area contributed by atoms with Crippen molar-refractivity contribution in [2.75, 3.05) is 13.7 Å². The molecule has 0 aromatic carbocycles. The van der Waals surface area contributed by atoms with Gasteiger partial charge in [-0.05, 0) is 13.3 Å². The lowest BCUT2D eigenvalue weighted by atomic mass is 10.2. The van der Waals surface area contributed by atoms with Gasteiger partial charge in [-0.15, -0.1) is 0 Å². The zero-order chi connectivity index (χ0) is 12.4. The minimum Gasteiger partial charge on any atom is -0.385 e. The maximum absolute atomic E-state index is 11.6. The number of aromatic nitrogens is 4. The van der Waals surface area contributed by atoms with Crippen molar-refractivity contribution < 1.29 is 4.74 Å². The fourth-order valence-electron chi connectivity index (χ4n) is 1.56. The highest BCUT2D eigenvalue weighted by molar-refractivity contribution is 5.28. The summed E-state index contributed by atoms with van der Waals surface area (Å²) in [6.45, 7) is 2.29. The molecule has 0 aliphatic heterocycles. The third kappa shape index (κ3) is 2.34. The Morgan fingerprint density at radius 1 is 1.59 bits per heavy atom. The number of aromatic amines is 1. The molecule has 1 unspecified atom stereocenters. The monoisotopic (exact) mass is 237 g/mol. The van der Waals surface area contributed by atoms with Gasteiger partial charge in [-0.25, -0.2) is 4.98 Å². The first-order valence-corrected chi connectivity index (χ1v) is 5.32. The Balaban J connectivity index is 2.37. The number of hydrogen-bond donors (Lipinski definition) is 2. The molecule has 2 rings (SSSR count). The number of rotatable bonds is 4. The Bertz CT molecular complexity index is 574. The number of methoxy groups -OCH3 is 1. The van der Waals surface area contributed by atoms with E-state index >= 15 is 0 Å². The molecule has 0 fully saturated rings.